The summed E-state index contributed by atoms with van der Waals surface area (Å²) in [6.45, 7) is 5.53. The summed E-state index contributed by atoms with van der Waals surface area (Å²) in [7, 11) is 0. The van der Waals surface area contributed by atoms with Crippen molar-refractivity contribution in [3.63, 3.8) is 0 Å². The largest absolute Gasteiger partial charge is 0.459 e. The highest BCUT2D eigenvalue weighted by Crippen LogP contribution is 2.12. The maximum absolute atomic E-state index is 11.8. The molecule has 19 heavy (non-hydrogen) atoms. The van der Waals surface area contributed by atoms with Gasteiger partial charge in [-0.15, -0.1) is 11.8 Å². The minimum Gasteiger partial charge on any atom is -0.459 e. The van der Waals surface area contributed by atoms with E-state index < -0.39 is 5.60 Å². The van der Waals surface area contributed by atoms with Crippen molar-refractivity contribution in [2.45, 2.75) is 32.8 Å². The second kappa shape index (κ2) is 7.34. The van der Waals surface area contributed by atoms with Crippen LogP contribution in [0.15, 0.2) is 30.3 Å². The average molecular weight is 280 g/mol. The van der Waals surface area contributed by atoms with Crippen LogP contribution in [0.5, 0.6) is 0 Å². The number of benzene rings is 1. The van der Waals surface area contributed by atoms with Gasteiger partial charge in [0.05, 0.1) is 5.75 Å². The second-order valence-electron chi connectivity index (χ2n) is 5.18. The van der Waals surface area contributed by atoms with Crippen molar-refractivity contribution >= 4 is 23.5 Å². The molecule has 4 heteroatoms. The lowest BCUT2D eigenvalue weighted by atomic mass is 10.1. The molecule has 1 aromatic rings. The zero-order chi connectivity index (χ0) is 14.3. The highest BCUT2D eigenvalue weighted by Gasteiger charge is 2.16. The summed E-state index contributed by atoms with van der Waals surface area (Å²) in [4.78, 5) is 23.2. The van der Waals surface area contributed by atoms with Gasteiger partial charge in [0.1, 0.15) is 5.60 Å². The molecule has 104 valence electrons. The zero-order valence-corrected chi connectivity index (χ0v) is 12.5. The first-order chi connectivity index (χ1) is 8.88. The maximum atomic E-state index is 11.8. The summed E-state index contributed by atoms with van der Waals surface area (Å²) in [5.74, 6) is 0.800. The summed E-state index contributed by atoms with van der Waals surface area (Å²) < 4.78 is 5.18. The van der Waals surface area contributed by atoms with Gasteiger partial charge in [-0.25, -0.2) is 0 Å². The molecule has 1 aromatic carbocycles. The Balaban J connectivity index is 2.21. The predicted molar refractivity (Wildman–Crippen MR) is 78.6 cm³/mol. The number of hydrogen-bond acceptors (Lipinski definition) is 4. The van der Waals surface area contributed by atoms with E-state index in [1.807, 2.05) is 39.0 Å². The Hall–Kier alpha value is -1.29. The van der Waals surface area contributed by atoms with Gasteiger partial charge >= 0.3 is 5.97 Å². The van der Waals surface area contributed by atoms with Gasteiger partial charge < -0.3 is 4.74 Å². The van der Waals surface area contributed by atoms with Crippen molar-refractivity contribution in [1.29, 1.82) is 0 Å². The van der Waals surface area contributed by atoms with Crippen LogP contribution in [0, 0.1) is 0 Å². The van der Waals surface area contributed by atoms with Crippen LogP contribution in [-0.4, -0.2) is 28.9 Å². The highest BCUT2D eigenvalue weighted by molar-refractivity contribution is 7.99. The molecule has 0 saturated carbocycles. The number of rotatable bonds is 6. The molecule has 1 rings (SSSR count). The van der Waals surface area contributed by atoms with Crippen LogP contribution in [0.3, 0.4) is 0 Å². The molecule has 3 nitrogen and oxygen atoms in total. The molecule has 0 N–H and O–H groups in total. The van der Waals surface area contributed by atoms with Crippen molar-refractivity contribution in [3.8, 4) is 0 Å². The summed E-state index contributed by atoms with van der Waals surface area (Å²) in [6.07, 6.45) is 0.442. The topological polar surface area (TPSA) is 43.4 Å². The Morgan fingerprint density at radius 1 is 1.16 bits per heavy atom. The molecule has 0 unspecified atom stereocenters. The first-order valence-electron chi connectivity index (χ1n) is 6.26. The predicted octanol–water partition coefficient (Wildman–Crippen LogP) is 3.33. The third-order valence-corrected chi connectivity index (χ3v) is 3.14. The number of carbonyl (C=O) groups excluding carboxylic acids is 2. The lowest BCUT2D eigenvalue weighted by Gasteiger charge is -2.19. The molecule has 0 radical (unpaired) electrons. The van der Waals surface area contributed by atoms with Gasteiger partial charge in [-0.3, -0.25) is 9.59 Å². The molecule has 0 atom stereocenters. The van der Waals surface area contributed by atoms with Crippen LogP contribution in [-0.2, 0) is 9.53 Å². The second-order valence-corrected chi connectivity index (χ2v) is 6.28. The molecular weight excluding hydrogens is 260 g/mol. The average Bonchev–Trinajstić information content (AvgIpc) is 2.33. The van der Waals surface area contributed by atoms with E-state index in [1.54, 1.807) is 12.1 Å². The van der Waals surface area contributed by atoms with Gasteiger partial charge in [0, 0.05) is 17.7 Å². The number of esters is 1. The number of Topliss-reactive ketones (excluding diaryl/α,β-unsaturated/α-hetero) is 1. The fourth-order valence-electron chi connectivity index (χ4n) is 1.46. The summed E-state index contributed by atoms with van der Waals surface area (Å²) in [5.41, 5.74) is 0.276. The van der Waals surface area contributed by atoms with Gasteiger partial charge in [0.25, 0.3) is 0 Å². The van der Waals surface area contributed by atoms with E-state index in [9.17, 15) is 9.59 Å². The zero-order valence-electron chi connectivity index (χ0n) is 11.6. The number of ether oxygens (including phenoxy) is 1. The molecule has 0 bridgehead atoms. The minimum atomic E-state index is -0.447. The normalized spacial score (nSPS) is 11.1. The van der Waals surface area contributed by atoms with Crippen molar-refractivity contribution in [1.82, 2.24) is 0 Å². The van der Waals surface area contributed by atoms with Gasteiger partial charge in [0.15, 0.2) is 5.78 Å². The molecule has 0 aliphatic rings. The fraction of sp³-hybridized carbons (Fsp3) is 0.467. The van der Waals surface area contributed by atoms with Gasteiger partial charge in [0.2, 0.25) is 0 Å². The highest BCUT2D eigenvalue weighted by atomic mass is 32.2. The van der Waals surface area contributed by atoms with Crippen molar-refractivity contribution in [3.05, 3.63) is 35.9 Å². The van der Waals surface area contributed by atoms with Crippen LogP contribution < -0.4 is 0 Å². The Kier molecular flexibility index (Phi) is 6.09. The van der Waals surface area contributed by atoms with Crippen LogP contribution in [0.25, 0.3) is 0 Å². The number of ketones is 1. The monoisotopic (exact) mass is 280 g/mol. The van der Waals surface area contributed by atoms with Gasteiger partial charge in [-0.05, 0) is 20.8 Å². The van der Waals surface area contributed by atoms with Crippen LogP contribution in [0.2, 0.25) is 0 Å². The third kappa shape index (κ3) is 7.01. The molecule has 0 fully saturated rings. The molecule has 0 heterocycles. The van der Waals surface area contributed by atoms with E-state index in [4.69, 9.17) is 4.74 Å². The summed E-state index contributed by atoms with van der Waals surface area (Å²) >= 11 is 1.43. The first kappa shape index (κ1) is 15.8. The lowest BCUT2D eigenvalue weighted by molar-refractivity contribution is -0.151. The number of hydrogen-bond donors (Lipinski definition) is 0. The van der Waals surface area contributed by atoms with E-state index >= 15 is 0 Å². The SMILES string of the molecule is CC(C)(C)OC(=O)CSCCC(=O)c1ccccc1. The summed E-state index contributed by atoms with van der Waals surface area (Å²) in [5, 5.41) is 0. The Bertz CT molecular complexity index is 421. The number of carbonyl (C=O) groups is 2. The fourth-order valence-corrected chi connectivity index (χ4v) is 2.16. The Morgan fingerprint density at radius 2 is 1.79 bits per heavy atom. The van der Waals surface area contributed by atoms with Gasteiger partial charge in [-0.1, -0.05) is 30.3 Å². The molecule has 0 aliphatic heterocycles. The number of thioether (sulfide) groups is 1. The standard InChI is InChI=1S/C15H20O3S/c1-15(2,3)18-14(17)11-19-10-9-13(16)12-7-5-4-6-8-12/h4-8H,9-11H2,1-3H3. The Morgan fingerprint density at radius 3 is 2.37 bits per heavy atom. The molecule has 0 spiro atoms. The molecule has 0 aliphatic carbocycles. The molecule has 0 amide bonds. The van der Waals surface area contributed by atoms with Crippen molar-refractivity contribution < 1.29 is 14.3 Å². The van der Waals surface area contributed by atoms with E-state index in [1.165, 1.54) is 11.8 Å². The molecule has 0 saturated heterocycles. The van der Waals surface area contributed by atoms with Crippen molar-refractivity contribution in [2.75, 3.05) is 11.5 Å². The smallest absolute Gasteiger partial charge is 0.316 e. The quantitative estimate of drug-likeness (QED) is 0.455. The minimum absolute atomic E-state index is 0.109. The maximum Gasteiger partial charge on any atom is 0.316 e. The first-order valence-corrected chi connectivity index (χ1v) is 7.42. The van der Waals surface area contributed by atoms with Crippen molar-refractivity contribution in [2.24, 2.45) is 0 Å². The van der Waals surface area contributed by atoms with Gasteiger partial charge in [-0.2, -0.15) is 0 Å². The van der Waals surface area contributed by atoms with Crippen LogP contribution >= 0.6 is 11.8 Å². The van der Waals surface area contributed by atoms with E-state index in [0.29, 0.717) is 17.9 Å². The molecule has 0 aromatic heterocycles. The molecular formula is C15H20O3S. The third-order valence-electron chi connectivity index (χ3n) is 2.21. The Labute approximate surface area is 118 Å². The van der Waals surface area contributed by atoms with E-state index in [-0.39, 0.29) is 11.8 Å². The van der Waals surface area contributed by atoms with E-state index in [2.05, 4.69) is 0 Å². The van der Waals surface area contributed by atoms with E-state index in [0.717, 1.165) is 5.56 Å². The van der Waals surface area contributed by atoms with Crippen LogP contribution in [0.4, 0.5) is 0 Å². The lowest BCUT2D eigenvalue weighted by Crippen LogP contribution is -2.25. The van der Waals surface area contributed by atoms with Crippen LogP contribution in [0.1, 0.15) is 37.6 Å². The summed E-state index contributed by atoms with van der Waals surface area (Å²) in [6, 6.07) is 9.19.